The lowest BCUT2D eigenvalue weighted by molar-refractivity contribution is 0.0933. The molecule has 0 radical (unpaired) electrons. The molecule has 16 heavy (non-hydrogen) atoms. The third-order valence-electron chi connectivity index (χ3n) is 2.25. The van der Waals surface area contributed by atoms with E-state index in [0.29, 0.717) is 17.5 Å². The molecule has 0 saturated heterocycles. The van der Waals surface area contributed by atoms with Gasteiger partial charge in [-0.25, -0.2) is 0 Å². The molecule has 0 heterocycles. The molecule has 0 aromatic heterocycles. The minimum atomic E-state index is -0.196. The summed E-state index contributed by atoms with van der Waals surface area (Å²) in [7, 11) is 0. The van der Waals surface area contributed by atoms with E-state index in [1.165, 1.54) is 0 Å². The van der Waals surface area contributed by atoms with Crippen molar-refractivity contribution in [2.75, 3.05) is 6.61 Å². The number of nitrogens with one attached hydrogen (secondary N) is 1. The van der Waals surface area contributed by atoms with Gasteiger partial charge in [0.2, 0.25) is 0 Å². The van der Waals surface area contributed by atoms with E-state index in [1.807, 2.05) is 6.92 Å². The van der Waals surface area contributed by atoms with Gasteiger partial charge in [0, 0.05) is 23.8 Å². The fourth-order valence-electron chi connectivity index (χ4n) is 1.29. The zero-order valence-corrected chi connectivity index (χ0v) is 9.14. The summed E-state index contributed by atoms with van der Waals surface area (Å²) >= 11 is 0. The molecule has 4 heteroatoms. The number of aliphatic hydroxyl groups excluding tert-OH is 1. The Morgan fingerprint density at radius 3 is 2.56 bits per heavy atom. The highest BCUT2D eigenvalue weighted by atomic mass is 16.3. The number of benzene rings is 1. The molecule has 1 amide bonds. The number of hydrogen-bond donors (Lipinski definition) is 2. The zero-order chi connectivity index (χ0) is 12.0. The van der Waals surface area contributed by atoms with Gasteiger partial charge >= 0.3 is 0 Å². The van der Waals surface area contributed by atoms with Crippen LogP contribution in [0.3, 0.4) is 0 Å². The molecule has 0 saturated carbocycles. The van der Waals surface area contributed by atoms with Crippen LogP contribution in [-0.4, -0.2) is 29.9 Å². The summed E-state index contributed by atoms with van der Waals surface area (Å²) in [6.07, 6.45) is 1.26. The Labute approximate surface area is 94.3 Å². The molecular formula is C12H15NO3. The summed E-state index contributed by atoms with van der Waals surface area (Å²) in [5.41, 5.74) is 1.05. The maximum absolute atomic E-state index is 11.6. The molecule has 1 aromatic carbocycles. The van der Waals surface area contributed by atoms with Gasteiger partial charge in [-0.05, 0) is 25.5 Å². The lowest BCUT2D eigenvalue weighted by atomic mass is 10.1. The van der Waals surface area contributed by atoms with Crippen molar-refractivity contribution in [1.82, 2.24) is 5.32 Å². The summed E-state index contributed by atoms with van der Waals surface area (Å²) < 4.78 is 0. The second-order valence-electron chi connectivity index (χ2n) is 3.63. The van der Waals surface area contributed by atoms with Crippen LogP contribution >= 0.6 is 0 Å². The van der Waals surface area contributed by atoms with Crippen LogP contribution in [0.25, 0.3) is 0 Å². The largest absolute Gasteiger partial charge is 0.396 e. The van der Waals surface area contributed by atoms with Crippen molar-refractivity contribution in [3.8, 4) is 0 Å². The average Bonchev–Trinajstić information content (AvgIpc) is 2.29. The Balaban J connectivity index is 2.62. The monoisotopic (exact) mass is 221 g/mol. The minimum absolute atomic E-state index is 0.0471. The van der Waals surface area contributed by atoms with Gasteiger partial charge in [-0.2, -0.15) is 0 Å². The quantitative estimate of drug-likeness (QED) is 0.729. The number of amides is 1. The summed E-state index contributed by atoms with van der Waals surface area (Å²) in [4.78, 5) is 22.1. The van der Waals surface area contributed by atoms with Crippen LogP contribution in [0, 0.1) is 0 Å². The van der Waals surface area contributed by atoms with E-state index < -0.39 is 0 Å². The highest BCUT2D eigenvalue weighted by Crippen LogP contribution is 2.03. The van der Waals surface area contributed by atoms with E-state index in [0.717, 1.165) is 6.29 Å². The van der Waals surface area contributed by atoms with Gasteiger partial charge in [0.05, 0.1) is 0 Å². The fraction of sp³-hybridized carbons (Fsp3) is 0.333. The Morgan fingerprint density at radius 2 is 2.06 bits per heavy atom. The third kappa shape index (κ3) is 3.47. The number of hydrogen-bond acceptors (Lipinski definition) is 3. The average molecular weight is 221 g/mol. The minimum Gasteiger partial charge on any atom is -0.396 e. The Bertz CT molecular complexity index is 359. The lowest BCUT2D eigenvalue weighted by Crippen LogP contribution is -2.33. The summed E-state index contributed by atoms with van der Waals surface area (Å²) in [5, 5.41) is 11.4. The molecule has 0 aliphatic rings. The lowest BCUT2D eigenvalue weighted by Gasteiger charge is -2.12. The first kappa shape index (κ1) is 12.4. The molecule has 1 aromatic rings. The smallest absolute Gasteiger partial charge is 0.251 e. The molecular weight excluding hydrogens is 206 g/mol. The van der Waals surface area contributed by atoms with E-state index >= 15 is 0 Å². The number of carbonyl (C=O) groups is 2. The first-order chi connectivity index (χ1) is 7.67. The van der Waals surface area contributed by atoms with E-state index in [1.54, 1.807) is 24.3 Å². The third-order valence-corrected chi connectivity index (χ3v) is 2.25. The van der Waals surface area contributed by atoms with Crippen LogP contribution < -0.4 is 5.32 Å². The van der Waals surface area contributed by atoms with E-state index in [2.05, 4.69) is 5.32 Å². The van der Waals surface area contributed by atoms with Crippen molar-refractivity contribution in [2.24, 2.45) is 0 Å². The molecule has 1 atom stereocenters. The SMILES string of the molecule is CC(CCO)NC(=O)c1ccc(C=O)cc1. The molecule has 0 aliphatic heterocycles. The molecule has 0 spiro atoms. The van der Waals surface area contributed by atoms with Gasteiger partial charge in [-0.15, -0.1) is 0 Å². The highest BCUT2D eigenvalue weighted by molar-refractivity contribution is 5.95. The Kier molecular flexibility index (Phi) is 4.66. The Morgan fingerprint density at radius 1 is 1.44 bits per heavy atom. The van der Waals surface area contributed by atoms with Crippen molar-refractivity contribution in [1.29, 1.82) is 0 Å². The molecule has 0 bridgehead atoms. The topological polar surface area (TPSA) is 66.4 Å². The maximum Gasteiger partial charge on any atom is 0.251 e. The van der Waals surface area contributed by atoms with E-state index in [9.17, 15) is 9.59 Å². The first-order valence-corrected chi connectivity index (χ1v) is 5.14. The Hall–Kier alpha value is -1.68. The van der Waals surface area contributed by atoms with Crippen LogP contribution in [0.2, 0.25) is 0 Å². The van der Waals surface area contributed by atoms with Crippen molar-refractivity contribution >= 4 is 12.2 Å². The van der Waals surface area contributed by atoms with Crippen LogP contribution in [0.15, 0.2) is 24.3 Å². The summed E-state index contributed by atoms with van der Waals surface area (Å²) in [6, 6.07) is 6.33. The van der Waals surface area contributed by atoms with Gasteiger partial charge in [-0.3, -0.25) is 9.59 Å². The molecule has 1 unspecified atom stereocenters. The number of aliphatic hydroxyl groups is 1. The molecule has 2 N–H and O–H groups in total. The molecule has 1 rings (SSSR count). The highest BCUT2D eigenvalue weighted by Gasteiger charge is 2.08. The van der Waals surface area contributed by atoms with Gasteiger partial charge in [0.15, 0.2) is 0 Å². The predicted octanol–water partition coefficient (Wildman–Crippen LogP) is 1.000. The summed E-state index contributed by atoms with van der Waals surface area (Å²) in [6.45, 7) is 1.87. The second-order valence-corrected chi connectivity index (χ2v) is 3.63. The summed E-state index contributed by atoms with van der Waals surface area (Å²) in [5.74, 6) is -0.196. The fourth-order valence-corrected chi connectivity index (χ4v) is 1.29. The molecule has 86 valence electrons. The van der Waals surface area contributed by atoms with Gasteiger partial charge in [-0.1, -0.05) is 12.1 Å². The maximum atomic E-state index is 11.6. The standard InChI is InChI=1S/C12H15NO3/c1-9(6-7-14)13-12(16)11-4-2-10(8-15)3-5-11/h2-5,8-9,14H,6-7H2,1H3,(H,13,16). The number of rotatable bonds is 5. The van der Waals surface area contributed by atoms with Crippen LogP contribution in [0.4, 0.5) is 0 Å². The molecule has 0 fully saturated rings. The van der Waals surface area contributed by atoms with Gasteiger partial charge in [0.25, 0.3) is 5.91 Å². The normalized spacial score (nSPS) is 11.9. The van der Waals surface area contributed by atoms with Crippen LogP contribution in [0.5, 0.6) is 0 Å². The van der Waals surface area contributed by atoms with Crippen molar-refractivity contribution in [3.05, 3.63) is 35.4 Å². The van der Waals surface area contributed by atoms with Crippen molar-refractivity contribution in [3.63, 3.8) is 0 Å². The second kappa shape index (κ2) is 6.02. The van der Waals surface area contributed by atoms with E-state index in [4.69, 9.17) is 5.11 Å². The van der Waals surface area contributed by atoms with Crippen LogP contribution in [0.1, 0.15) is 34.1 Å². The number of carbonyl (C=O) groups excluding carboxylic acids is 2. The first-order valence-electron chi connectivity index (χ1n) is 5.14. The van der Waals surface area contributed by atoms with Gasteiger partial charge < -0.3 is 10.4 Å². The molecule has 0 aliphatic carbocycles. The van der Waals surface area contributed by atoms with Crippen molar-refractivity contribution in [2.45, 2.75) is 19.4 Å². The predicted molar refractivity (Wildman–Crippen MR) is 60.5 cm³/mol. The van der Waals surface area contributed by atoms with Crippen LogP contribution in [-0.2, 0) is 0 Å². The zero-order valence-electron chi connectivity index (χ0n) is 9.14. The van der Waals surface area contributed by atoms with Crippen molar-refractivity contribution < 1.29 is 14.7 Å². The van der Waals surface area contributed by atoms with E-state index in [-0.39, 0.29) is 18.6 Å². The van der Waals surface area contributed by atoms with Gasteiger partial charge in [0.1, 0.15) is 6.29 Å². The number of aldehydes is 1. The molecule has 4 nitrogen and oxygen atoms in total.